The zero-order valence-electron chi connectivity index (χ0n) is 17.5. The summed E-state index contributed by atoms with van der Waals surface area (Å²) in [5, 5.41) is 5.28. The summed E-state index contributed by atoms with van der Waals surface area (Å²) in [4.78, 5) is 21.4. The van der Waals surface area contributed by atoms with Gasteiger partial charge in [0.05, 0.1) is 10.2 Å². The number of rotatable bonds is 5. The van der Waals surface area contributed by atoms with Gasteiger partial charge in [0.1, 0.15) is 10.0 Å². The van der Waals surface area contributed by atoms with Crippen LogP contribution in [-0.2, 0) is 24.3 Å². The minimum absolute atomic E-state index is 0. The molecule has 0 saturated heterocycles. The summed E-state index contributed by atoms with van der Waals surface area (Å²) >= 11 is 3.47. The lowest BCUT2D eigenvalue weighted by Gasteiger charge is -2.27. The first kappa shape index (κ1) is 21.6. The van der Waals surface area contributed by atoms with E-state index in [-0.39, 0.29) is 24.2 Å². The fourth-order valence-electron chi connectivity index (χ4n) is 4.29. The van der Waals surface area contributed by atoms with Crippen molar-refractivity contribution in [3.05, 3.63) is 70.6 Å². The van der Waals surface area contributed by atoms with Crippen LogP contribution in [0, 0.1) is 5.92 Å². The van der Waals surface area contributed by atoms with E-state index in [0.717, 1.165) is 60.0 Å². The Balaban J connectivity index is 0.00000216. The van der Waals surface area contributed by atoms with Crippen molar-refractivity contribution in [3.8, 4) is 10.6 Å². The van der Waals surface area contributed by atoms with Crippen LogP contribution >= 0.6 is 35.1 Å². The zero-order valence-corrected chi connectivity index (χ0v) is 20.0. The van der Waals surface area contributed by atoms with Crippen molar-refractivity contribution >= 4 is 56.2 Å². The third kappa shape index (κ3) is 4.20. The maximum atomic E-state index is 12.6. The topological polar surface area (TPSA) is 45.2 Å². The van der Waals surface area contributed by atoms with Gasteiger partial charge in [-0.1, -0.05) is 42.5 Å². The monoisotopic (exact) mass is 481 g/mol. The molecule has 4 nitrogen and oxygen atoms in total. The summed E-state index contributed by atoms with van der Waals surface area (Å²) < 4.78 is 1.19. The fraction of sp³-hybridized carbons (Fsp3) is 0.280. The zero-order chi connectivity index (χ0) is 20.8. The van der Waals surface area contributed by atoms with Gasteiger partial charge in [0.15, 0.2) is 0 Å². The number of thiophene rings is 1. The highest BCUT2D eigenvalue weighted by Gasteiger charge is 2.33. The van der Waals surface area contributed by atoms with Gasteiger partial charge in [-0.3, -0.25) is 9.69 Å². The first-order chi connectivity index (χ1) is 15.2. The number of nitrogens with one attached hydrogen (secondary N) is 1. The number of hydrogen-bond acceptors (Lipinski definition) is 5. The number of hydrogen-bond donors (Lipinski definition) is 1. The number of benzene rings is 2. The molecule has 2 aliphatic rings. The lowest BCUT2D eigenvalue weighted by atomic mass is 10.0. The molecule has 4 aromatic rings. The highest BCUT2D eigenvalue weighted by Crippen LogP contribution is 2.46. The number of para-hydroxylation sites is 1. The average Bonchev–Trinajstić information content (AvgIpc) is 3.46. The molecule has 1 amide bonds. The van der Waals surface area contributed by atoms with Crippen molar-refractivity contribution in [1.82, 2.24) is 9.88 Å². The molecule has 32 heavy (non-hydrogen) atoms. The molecule has 1 fully saturated rings. The van der Waals surface area contributed by atoms with E-state index in [4.69, 9.17) is 4.98 Å². The Morgan fingerprint density at radius 2 is 1.84 bits per heavy atom. The maximum absolute atomic E-state index is 12.6. The van der Waals surface area contributed by atoms with Gasteiger partial charge in [-0.2, -0.15) is 0 Å². The fourth-order valence-corrected chi connectivity index (χ4v) is 6.69. The molecule has 164 valence electrons. The molecule has 0 atom stereocenters. The van der Waals surface area contributed by atoms with Crippen LogP contribution in [0.4, 0.5) is 5.00 Å². The van der Waals surface area contributed by atoms with Crippen LogP contribution in [0.1, 0.15) is 28.8 Å². The van der Waals surface area contributed by atoms with Crippen molar-refractivity contribution in [2.75, 3.05) is 11.9 Å². The Morgan fingerprint density at radius 3 is 2.62 bits per heavy atom. The average molecular weight is 482 g/mol. The lowest BCUT2D eigenvalue weighted by molar-refractivity contribution is -0.117. The third-order valence-electron chi connectivity index (χ3n) is 6.08. The van der Waals surface area contributed by atoms with Crippen molar-refractivity contribution in [2.45, 2.75) is 32.4 Å². The molecule has 0 bridgehead atoms. The number of amides is 1. The Bertz CT molecular complexity index is 1230. The molecule has 6 rings (SSSR count). The molecule has 0 spiro atoms. The number of nitrogens with zero attached hydrogens (tertiary/aromatic N) is 2. The molecule has 1 N–H and O–H groups in total. The molecule has 1 saturated carbocycles. The molecule has 2 aromatic heterocycles. The van der Waals surface area contributed by atoms with Crippen molar-refractivity contribution in [3.63, 3.8) is 0 Å². The number of anilines is 1. The SMILES string of the molecule is Cl.O=C(Nc1sc2c(c1-c1nc3ccccc3s1)CCN(Cc1ccccc1)C2)C1CC1. The van der Waals surface area contributed by atoms with E-state index >= 15 is 0 Å². The van der Waals surface area contributed by atoms with Crippen molar-refractivity contribution in [2.24, 2.45) is 5.92 Å². The Kier molecular flexibility index (Phi) is 6.03. The number of carbonyl (C=O) groups is 1. The Morgan fingerprint density at radius 1 is 1.06 bits per heavy atom. The van der Waals surface area contributed by atoms with Gasteiger partial charge in [0, 0.05) is 36.0 Å². The highest BCUT2D eigenvalue weighted by atomic mass is 35.5. The standard InChI is InChI=1S/C25H23N3OS2.ClH/c29-23(17-10-11-17)27-25-22(24-26-19-8-4-5-9-20(19)30-24)18-12-13-28(15-21(18)31-25)14-16-6-2-1-3-7-16;/h1-9,17H,10-15H2,(H,27,29);1H. The van der Waals surface area contributed by atoms with E-state index in [1.165, 1.54) is 20.7 Å². The third-order valence-corrected chi connectivity index (χ3v) is 8.26. The number of thiazole rings is 1. The van der Waals surface area contributed by atoms with Crippen LogP contribution in [0.3, 0.4) is 0 Å². The van der Waals surface area contributed by atoms with E-state index in [1.54, 1.807) is 22.7 Å². The largest absolute Gasteiger partial charge is 0.317 e. The normalized spacial score (nSPS) is 15.9. The van der Waals surface area contributed by atoms with Gasteiger partial charge in [-0.25, -0.2) is 4.98 Å². The summed E-state index contributed by atoms with van der Waals surface area (Å²) in [6.07, 6.45) is 3.01. The van der Waals surface area contributed by atoms with Crippen molar-refractivity contribution in [1.29, 1.82) is 0 Å². The smallest absolute Gasteiger partial charge is 0.228 e. The minimum atomic E-state index is 0. The van der Waals surface area contributed by atoms with Crippen LogP contribution in [0.5, 0.6) is 0 Å². The summed E-state index contributed by atoms with van der Waals surface area (Å²) in [7, 11) is 0. The second kappa shape index (κ2) is 8.94. The lowest BCUT2D eigenvalue weighted by Crippen LogP contribution is -2.29. The first-order valence-electron chi connectivity index (χ1n) is 10.8. The molecule has 2 aromatic carbocycles. The van der Waals surface area contributed by atoms with Crippen LogP contribution < -0.4 is 5.32 Å². The predicted octanol–water partition coefficient (Wildman–Crippen LogP) is 6.35. The second-order valence-electron chi connectivity index (χ2n) is 8.40. The molecule has 0 radical (unpaired) electrons. The predicted molar refractivity (Wildman–Crippen MR) is 136 cm³/mol. The van der Waals surface area contributed by atoms with Crippen molar-refractivity contribution < 1.29 is 4.79 Å². The van der Waals surface area contributed by atoms with Gasteiger partial charge >= 0.3 is 0 Å². The molecule has 3 heterocycles. The van der Waals surface area contributed by atoms with Gasteiger partial charge in [0.25, 0.3) is 0 Å². The molecular weight excluding hydrogens is 458 g/mol. The number of fused-ring (bicyclic) bond motifs is 2. The molecule has 1 aliphatic heterocycles. The number of halogens is 1. The molecular formula is C25H24ClN3OS2. The van der Waals surface area contributed by atoms with Crippen LogP contribution in [0.25, 0.3) is 20.8 Å². The molecule has 7 heteroatoms. The molecule has 1 aliphatic carbocycles. The highest BCUT2D eigenvalue weighted by molar-refractivity contribution is 7.22. The van der Waals surface area contributed by atoms with E-state index < -0.39 is 0 Å². The van der Waals surface area contributed by atoms with E-state index in [9.17, 15) is 4.79 Å². The van der Waals surface area contributed by atoms with Gasteiger partial charge in [-0.05, 0) is 42.5 Å². The van der Waals surface area contributed by atoms with E-state index in [2.05, 4.69) is 58.7 Å². The summed E-state index contributed by atoms with van der Waals surface area (Å²) in [5.41, 5.74) is 4.91. The second-order valence-corrected chi connectivity index (χ2v) is 10.5. The van der Waals surface area contributed by atoms with Crippen LogP contribution in [-0.4, -0.2) is 22.3 Å². The number of carbonyl (C=O) groups excluding carboxylic acids is 1. The molecule has 0 unspecified atom stereocenters. The Hall–Kier alpha value is -2.25. The maximum Gasteiger partial charge on any atom is 0.228 e. The van der Waals surface area contributed by atoms with Gasteiger partial charge in [-0.15, -0.1) is 35.1 Å². The Labute approximate surface area is 201 Å². The van der Waals surface area contributed by atoms with Gasteiger partial charge < -0.3 is 5.32 Å². The summed E-state index contributed by atoms with van der Waals surface area (Å²) in [6, 6.07) is 18.9. The van der Waals surface area contributed by atoms with E-state index in [1.807, 2.05) is 6.07 Å². The van der Waals surface area contributed by atoms with Crippen LogP contribution in [0.15, 0.2) is 54.6 Å². The first-order valence-corrected chi connectivity index (χ1v) is 12.5. The van der Waals surface area contributed by atoms with Crippen LogP contribution in [0.2, 0.25) is 0 Å². The summed E-state index contributed by atoms with van der Waals surface area (Å²) in [6.45, 7) is 2.90. The number of aromatic nitrogens is 1. The summed E-state index contributed by atoms with van der Waals surface area (Å²) in [5.74, 6) is 0.360. The van der Waals surface area contributed by atoms with Gasteiger partial charge in [0.2, 0.25) is 5.91 Å². The minimum Gasteiger partial charge on any atom is -0.317 e. The quantitative estimate of drug-likeness (QED) is 0.361. The van der Waals surface area contributed by atoms with E-state index in [0.29, 0.717) is 0 Å².